The van der Waals surface area contributed by atoms with Crippen LogP contribution in [0.5, 0.6) is 0 Å². The van der Waals surface area contributed by atoms with Crippen molar-refractivity contribution in [2.45, 2.75) is 58.7 Å². The molecule has 0 fully saturated rings. The zero-order valence-electron chi connectivity index (χ0n) is 22.0. The van der Waals surface area contributed by atoms with Gasteiger partial charge in [0.05, 0.1) is 11.4 Å². The standard InChI is InChI=1S/C30H34N4OS/c1-8-17-33-21(3)18-25(22(33)4)27(35)19-36-29-32-31-28(34(29)26-12-10-9-11-20(26)2)23-13-15-24(16-14-23)30(5,6)7/h8-16,18H,1,17,19H2,2-7H3. The molecule has 186 valence electrons. The van der Waals surface area contributed by atoms with Gasteiger partial charge >= 0.3 is 0 Å². The molecule has 0 aliphatic carbocycles. The van der Waals surface area contributed by atoms with E-state index in [-0.39, 0.29) is 17.0 Å². The minimum atomic E-state index is 0.0741. The Kier molecular flexibility index (Phi) is 7.36. The number of carbonyl (C=O) groups excluding carboxylic acids is 1. The molecular formula is C30H34N4OS. The minimum Gasteiger partial charge on any atom is -0.345 e. The molecule has 0 aliphatic rings. The summed E-state index contributed by atoms with van der Waals surface area (Å²) in [6.45, 7) is 17.2. The van der Waals surface area contributed by atoms with Gasteiger partial charge in [-0.05, 0) is 49.4 Å². The van der Waals surface area contributed by atoms with Crippen molar-refractivity contribution in [2.24, 2.45) is 0 Å². The number of allylic oxidation sites excluding steroid dienone is 1. The lowest BCUT2D eigenvalue weighted by atomic mass is 9.87. The lowest BCUT2D eigenvalue weighted by molar-refractivity contribution is 0.102. The fourth-order valence-electron chi connectivity index (χ4n) is 4.40. The van der Waals surface area contributed by atoms with Crippen molar-refractivity contribution >= 4 is 17.5 Å². The Morgan fingerprint density at radius 2 is 1.72 bits per heavy atom. The van der Waals surface area contributed by atoms with Crippen molar-refractivity contribution in [3.63, 3.8) is 0 Å². The van der Waals surface area contributed by atoms with Crippen LogP contribution in [0.15, 0.2) is 72.4 Å². The molecule has 0 atom stereocenters. The van der Waals surface area contributed by atoms with E-state index < -0.39 is 0 Å². The van der Waals surface area contributed by atoms with Gasteiger partial charge < -0.3 is 4.57 Å². The van der Waals surface area contributed by atoms with E-state index in [0.29, 0.717) is 11.7 Å². The third-order valence-electron chi connectivity index (χ3n) is 6.52. The van der Waals surface area contributed by atoms with Gasteiger partial charge in [-0.25, -0.2) is 0 Å². The summed E-state index contributed by atoms with van der Waals surface area (Å²) in [6.07, 6.45) is 1.85. The number of aryl methyl sites for hydroxylation is 2. The van der Waals surface area contributed by atoms with E-state index >= 15 is 0 Å². The second-order valence-electron chi connectivity index (χ2n) is 10.2. The number of para-hydroxylation sites is 1. The van der Waals surface area contributed by atoms with E-state index in [9.17, 15) is 4.79 Å². The molecule has 0 amide bonds. The number of aromatic nitrogens is 4. The van der Waals surface area contributed by atoms with Crippen LogP contribution in [0, 0.1) is 20.8 Å². The Labute approximate surface area is 218 Å². The van der Waals surface area contributed by atoms with Gasteiger partial charge in [0.2, 0.25) is 0 Å². The molecule has 0 spiro atoms. The highest BCUT2D eigenvalue weighted by molar-refractivity contribution is 7.99. The van der Waals surface area contributed by atoms with E-state index in [1.54, 1.807) is 0 Å². The molecule has 2 aromatic carbocycles. The Morgan fingerprint density at radius 1 is 1.03 bits per heavy atom. The van der Waals surface area contributed by atoms with Crippen LogP contribution >= 0.6 is 11.8 Å². The predicted octanol–water partition coefficient (Wildman–Crippen LogP) is 7.12. The van der Waals surface area contributed by atoms with Crippen LogP contribution in [0.4, 0.5) is 0 Å². The van der Waals surface area contributed by atoms with Crippen molar-refractivity contribution in [3.05, 3.63) is 95.3 Å². The first kappa shape index (κ1) is 25.7. The molecule has 4 aromatic rings. The summed E-state index contributed by atoms with van der Waals surface area (Å²) in [4.78, 5) is 13.2. The highest BCUT2D eigenvalue weighted by Gasteiger charge is 2.21. The fourth-order valence-corrected chi connectivity index (χ4v) is 5.23. The fraction of sp³-hybridized carbons (Fsp3) is 0.300. The van der Waals surface area contributed by atoms with Gasteiger partial charge in [-0.15, -0.1) is 16.8 Å². The topological polar surface area (TPSA) is 52.7 Å². The molecule has 36 heavy (non-hydrogen) atoms. The van der Waals surface area contributed by atoms with E-state index in [2.05, 4.69) is 90.0 Å². The Bertz CT molecular complexity index is 1400. The van der Waals surface area contributed by atoms with Crippen molar-refractivity contribution in [2.75, 3.05) is 5.75 Å². The average molecular weight is 499 g/mol. The van der Waals surface area contributed by atoms with Crippen LogP contribution in [0.25, 0.3) is 17.1 Å². The first-order valence-electron chi connectivity index (χ1n) is 12.2. The van der Waals surface area contributed by atoms with Crippen LogP contribution in [0.3, 0.4) is 0 Å². The van der Waals surface area contributed by atoms with Gasteiger partial charge in [-0.2, -0.15) is 0 Å². The zero-order chi connectivity index (χ0) is 26.0. The zero-order valence-corrected chi connectivity index (χ0v) is 22.8. The van der Waals surface area contributed by atoms with Crippen LogP contribution in [0.1, 0.15) is 53.6 Å². The number of ketones is 1. The van der Waals surface area contributed by atoms with E-state index in [4.69, 9.17) is 0 Å². The highest BCUT2D eigenvalue weighted by Crippen LogP contribution is 2.31. The van der Waals surface area contributed by atoms with Crippen molar-refractivity contribution in [3.8, 4) is 17.1 Å². The molecule has 0 unspecified atom stereocenters. The van der Waals surface area contributed by atoms with Gasteiger partial charge in [0, 0.05) is 29.1 Å². The lowest BCUT2D eigenvalue weighted by Crippen LogP contribution is -2.10. The Morgan fingerprint density at radius 3 is 2.36 bits per heavy atom. The molecule has 0 saturated heterocycles. The SMILES string of the molecule is C=CCn1c(C)cc(C(=O)CSc2nnc(-c3ccc(C(C)(C)C)cc3)n2-c2ccccc2C)c1C. The molecule has 0 bridgehead atoms. The van der Waals surface area contributed by atoms with Gasteiger partial charge in [0.25, 0.3) is 0 Å². The molecule has 0 aliphatic heterocycles. The third kappa shape index (κ3) is 5.09. The quantitative estimate of drug-likeness (QED) is 0.147. The van der Waals surface area contributed by atoms with Crippen LogP contribution in [-0.2, 0) is 12.0 Å². The second-order valence-corrected chi connectivity index (χ2v) is 11.1. The largest absolute Gasteiger partial charge is 0.345 e. The number of carbonyl (C=O) groups is 1. The molecule has 0 radical (unpaired) electrons. The van der Waals surface area contributed by atoms with Gasteiger partial charge in [0.1, 0.15) is 0 Å². The number of hydrogen-bond donors (Lipinski definition) is 0. The summed E-state index contributed by atoms with van der Waals surface area (Å²) in [5.74, 6) is 1.13. The number of thioether (sulfide) groups is 1. The van der Waals surface area contributed by atoms with Gasteiger partial charge in [0.15, 0.2) is 16.8 Å². The van der Waals surface area contributed by atoms with E-state index in [1.165, 1.54) is 17.3 Å². The first-order valence-corrected chi connectivity index (χ1v) is 13.2. The molecule has 2 heterocycles. The van der Waals surface area contributed by atoms with E-state index in [1.807, 2.05) is 38.1 Å². The number of hydrogen-bond acceptors (Lipinski definition) is 4. The number of benzene rings is 2. The van der Waals surface area contributed by atoms with Gasteiger partial charge in [-0.3, -0.25) is 9.36 Å². The van der Waals surface area contributed by atoms with Crippen molar-refractivity contribution in [1.29, 1.82) is 0 Å². The number of nitrogens with zero attached hydrogens (tertiary/aromatic N) is 4. The average Bonchev–Trinajstić information content (AvgIpc) is 3.39. The summed E-state index contributed by atoms with van der Waals surface area (Å²) >= 11 is 1.42. The maximum Gasteiger partial charge on any atom is 0.196 e. The summed E-state index contributed by atoms with van der Waals surface area (Å²) < 4.78 is 4.18. The summed E-state index contributed by atoms with van der Waals surface area (Å²) in [5, 5.41) is 9.80. The smallest absolute Gasteiger partial charge is 0.196 e. The molecule has 5 nitrogen and oxygen atoms in total. The Hall–Kier alpha value is -3.38. The Balaban J connectivity index is 1.69. The number of rotatable bonds is 8. The van der Waals surface area contributed by atoms with Crippen LogP contribution in [-0.4, -0.2) is 30.9 Å². The molecule has 0 saturated carbocycles. The highest BCUT2D eigenvalue weighted by atomic mass is 32.2. The molecular weight excluding hydrogens is 464 g/mol. The maximum absolute atomic E-state index is 13.2. The normalized spacial score (nSPS) is 11.6. The number of Topliss-reactive ketones (excluding diaryl/α,β-unsaturated/α-hetero) is 1. The molecule has 4 rings (SSSR count). The second kappa shape index (κ2) is 10.3. The minimum absolute atomic E-state index is 0.0741. The molecule has 2 aromatic heterocycles. The summed E-state index contributed by atoms with van der Waals surface area (Å²) in [7, 11) is 0. The summed E-state index contributed by atoms with van der Waals surface area (Å²) in [5.41, 5.74) is 7.24. The van der Waals surface area contributed by atoms with E-state index in [0.717, 1.165) is 39.6 Å². The lowest BCUT2D eigenvalue weighted by Gasteiger charge is -2.19. The van der Waals surface area contributed by atoms with Crippen LogP contribution < -0.4 is 0 Å². The summed E-state index contributed by atoms with van der Waals surface area (Å²) in [6, 6.07) is 18.7. The van der Waals surface area contributed by atoms with Crippen LogP contribution in [0.2, 0.25) is 0 Å². The maximum atomic E-state index is 13.2. The molecule has 6 heteroatoms. The first-order chi connectivity index (χ1) is 17.1. The molecule has 0 N–H and O–H groups in total. The van der Waals surface area contributed by atoms with Crippen molar-refractivity contribution < 1.29 is 4.79 Å². The van der Waals surface area contributed by atoms with Gasteiger partial charge in [-0.1, -0.05) is 81.1 Å². The predicted molar refractivity (Wildman–Crippen MR) is 149 cm³/mol. The van der Waals surface area contributed by atoms with Crippen molar-refractivity contribution in [1.82, 2.24) is 19.3 Å². The monoisotopic (exact) mass is 498 g/mol. The third-order valence-corrected chi connectivity index (χ3v) is 7.45.